The van der Waals surface area contributed by atoms with E-state index in [2.05, 4.69) is 10.4 Å². The van der Waals surface area contributed by atoms with Crippen LogP contribution in [0.5, 0.6) is 0 Å². The molecular formula is C23H27ClFN5O4S. The van der Waals surface area contributed by atoms with Crippen LogP contribution in [0.2, 0.25) is 5.02 Å². The molecule has 0 amide bonds. The lowest BCUT2D eigenvalue weighted by atomic mass is 9.99. The summed E-state index contributed by atoms with van der Waals surface area (Å²) < 4.78 is 48.9. The summed E-state index contributed by atoms with van der Waals surface area (Å²) in [6, 6.07) is 7.03. The minimum Gasteiger partial charge on any atom is -0.379 e. The van der Waals surface area contributed by atoms with Crippen molar-refractivity contribution in [2.75, 3.05) is 31.6 Å². The summed E-state index contributed by atoms with van der Waals surface area (Å²) in [5.41, 5.74) is -1.40. The van der Waals surface area contributed by atoms with Crippen molar-refractivity contribution in [3.05, 3.63) is 51.4 Å². The van der Waals surface area contributed by atoms with Gasteiger partial charge in [0.1, 0.15) is 5.02 Å². The number of nitrogens with zero attached hydrogens (tertiary/aromatic N) is 4. The van der Waals surface area contributed by atoms with Crippen molar-refractivity contribution in [3.63, 3.8) is 0 Å². The van der Waals surface area contributed by atoms with Gasteiger partial charge in [-0.1, -0.05) is 11.6 Å². The summed E-state index contributed by atoms with van der Waals surface area (Å²) in [6.45, 7) is 2.47. The number of alkyl halides is 1. The maximum Gasteiger partial charge on any atom is 0.287 e. The third-order valence-corrected chi connectivity index (χ3v) is 8.93. The van der Waals surface area contributed by atoms with Gasteiger partial charge in [-0.05, 0) is 56.9 Å². The number of halogens is 2. The van der Waals surface area contributed by atoms with Gasteiger partial charge in [0, 0.05) is 19.2 Å². The number of hydrogen-bond acceptors (Lipinski definition) is 7. The number of rotatable bonds is 6. The molecule has 1 aromatic carbocycles. The van der Waals surface area contributed by atoms with E-state index in [0.29, 0.717) is 37.9 Å². The summed E-state index contributed by atoms with van der Waals surface area (Å²) in [4.78, 5) is 13.1. The van der Waals surface area contributed by atoms with Gasteiger partial charge < -0.3 is 10.1 Å². The number of hydrogen-bond donors (Lipinski definition) is 1. The highest BCUT2D eigenvalue weighted by molar-refractivity contribution is 7.89. The second kappa shape index (κ2) is 10.2. The Morgan fingerprint density at radius 3 is 2.74 bits per heavy atom. The number of anilines is 1. The van der Waals surface area contributed by atoms with E-state index in [0.717, 1.165) is 0 Å². The van der Waals surface area contributed by atoms with Gasteiger partial charge in [-0.25, -0.2) is 17.5 Å². The van der Waals surface area contributed by atoms with Crippen molar-refractivity contribution >= 4 is 27.3 Å². The monoisotopic (exact) mass is 523 g/mol. The molecule has 2 fully saturated rings. The topological polar surface area (TPSA) is 117 Å². The van der Waals surface area contributed by atoms with E-state index in [1.54, 1.807) is 6.92 Å². The number of sulfonamides is 1. The van der Waals surface area contributed by atoms with Gasteiger partial charge in [0.15, 0.2) is 5.67 Å². The van der Waals surface area contributed by atoms with Crippen LogP contribution < -0.4 is 10.9 Å². The molecule has 0 unspecified atom stereocenters. The first-order valence-corrected chi connectivity index (χ1v) is 13.3. The molecule has 1 aromatic heterocycles. The molecular weight excluding hydrogens is 497 g/mol. The van der Waals surface area contributed by atoms with E-state index < -0.39 is 27.3 Å². The molecule has 0 radical (unpaired) electrons. The van der Waals surface area contributed by atoms with Gasteiger partial charge in [0.2, 0.25) is 10.0 Å². The van der Waals surface area contributed by atoms with Crippen molar-refractivity contribution in [2.45, 2.75) is 55.3 Å². The van der Waals surface area contributed by atoms with E-state index in [1.165, 1.54) is 39.4 Å². The molecule has 1 N–H and O–H groups in total. The summed E-state index contributed by atoms with van der Waals surface area (Å²) >= 11 is 6.30. The molecule has 2 aromatic rings. The largest absolute Gasteiger partial charge is 0.379 e. The van der Waals surface area contributed by atoms with Crippen LogP contribution in [0.25, 0.3) is 0 Å². The Morgan fingerprint density at radius 1 is 1.37 bits per heavy atom. The zero-order chi connectivity index (χ0) is 25.2. The van der Waals surface area contributed by atoms with Gasteiger partial charge in [-0.3, -0.25) is 4.79 Å². The summed E-state index contributed by atoms with van der Waals surface area (Å²) in [6.07, 6.45) is 3.14. The lowest BCUT2D eigenvalue weighted by molar-refractivity contribution is -0.0234. The van der Waals surface area contributed by atoms with Crippen LogP contribution in [-0.2, 0) is 14.8 Å². The molecule has 0 saturated carbocycles. The first-order valence-electron chi connectivity index (χ1n) is 11.4. The summed E-state index contributed by atoms with van der Waals surface area (Å²) in [5.74, 6) is 0. The Kier molecular flexibility index (Phi) is 7.47. The van der Waals surface area contributed by atoms with E-state index in [1.807, 2.05) is 6.07 Å². The van der Waals surface area contributed by atoms with Gasteiger partial charge in [0.05, 0.1) is 47.6 Å². The lowest BCUT2D eigenvalue weighted by Crippen LogP contribution is -2.46. The molecule has 35 heavy (non-hydrogen) atoms. The molecule has 2 aliphatic rings. The van der Waals surface area contributed by atoms with Crippen LogP contribution >= 0.6 is 11.6 Å². The second-order valence-electron chi connectivity index (χ2n) is 9.06. The van der Waals surface area contributed by atoms with E-state index >= 15 is 0 Å². The van der Waals surface area contributed by atoms with Crippen LogP contribution in [0.3, 0.4) is 0 Å². The van der Waals surface area contributed by atoms with Crippen LogP contribution in [-0.4, -0.2) is 60.5 Å². The van der Waals surface area contributed by atoms with Gasteiger partial charge in [-0.15, -0.1) is 0 Å². The average molecular weight is 524 g/mol. The van der Waals surface area contributed by atoms with Crippen LogP contribution in [0, 0.1) is 11.3 Å². The highest BCUT2D eigenvalue weighted by atomic mass is 35.5. The Hall–Kier alpha value is -2.52. The minimum absolute atomic E-state index is 0.00997. The molecule has 2 saturated heterocycles. The zero-order valence-corrected chi connectivity index (χ0v) is 20.9. The standard InChI is InChI=1S/C23H27ClFN5O4S/c1-16-11-18(7-9-29(16)35(32,33)19-5-3-17(12-26)4-6-19)30-22(31)21(24)20(13-28-30)27-14-23(25)8-2-10-34-15-23/h3-6,13,16,18,27H,2,7-11,14-15H2,1H3/t16-,18-,23-/m0/s1. The molecule has 9 nitrogen and oxygen atoms in total. The fourth-order valence-corrected chi connectivity index (χ4v) is 6.44. The second-order valence-corrected chi connectivity index (χ2v) is 11.3. The predicted octanol–water partition coefficient (Wildman–Crippen LogP) is 3.11. The maximum atomic E-state index is 14.8. The van der Waals surface area contributed by atoms with Crippen LogP contribution in [0.1, 0.15) is 44.2 Å². The Labute approximate surface area is 208 Å². The fourth-order valence-electron chi connectivity index (χ4n) is 4.58. The third-order valence-electron chi connectivity index (χ3n) is 6.54. The number of nitrogens with one attached hydrogen (secondary N) is 1. The number of ether oxygens (including phenoxy) is 1. The normalized spacial score (nSPS) is 25.7. The SMILES string of the molecule is C[C@H]1C[C@@H](n2ncc(NC[C@@]3(F)CCCOC3)c(Cl)c2=O)CCN1S(=O)(=O)c1ccc(C#N)cc1. The Balaban J connectivity index is 1.45. The van der Waals surface area contributed by atoms with Crippen molar-refractivity contribution < 1.29 is 17.5 Å². The van der Waals surface area contributed by atoms with Gasteiger partial charge in [0.25, 0.3) is 5.56 Å². The van der Waals surface area contributed by atoms with Gasteiger partial charge in [-0.2, -0.15) is 14.7 Å². The lowest BCUT2D eigenvalue weighted by Gasteiger charge is -2.36. The van der Waals surface area contributed by atoms with E-state index in [4.69, 9.17) is 21.6 Å². The maximum absolute atomic E-state index is 14.8. The molecule has 0 spiro atoms. The summed E-state index contributed by atoms with van der Waals surface area (Å²) in [5, 5.41) is 16.0. The summed E-state index contributed by atoms with van der Waals surface area (Å²) in [7, 11) is -3.76. The molecule has 4 rings (SSSR count). The first kappa shape index (κ1) is 25.6. The number of nitriles is 1. The molecule has 0 bridgehead atoms. The molecule has 12 heteroatoms. The zero-order valence-electron chi connectivity index (χ0n) is 19.3. The first-order chi connectivity index (χ1) is 16.6. The van der Waals surface area contributed by atoms with Crippen LogP contribution in [0.15, 0.2) is 40.2 Å². The highest BCUT2D eigenvalue weighted by Crippen LogP contribution is 2.31. The van der Waals surface area contributed by atoms with Crippen LogP contribution in [0.4, 0.5) is 10.1 Å². The molecule has 2 aliphatic heterocycles. The van der Waals surface area contributed by atoms with Gasteiger partial charge >= 0.3 is 0 Å². The van der Waals surface area contributed by atoms with E-state index in [9.17, 15) is 17.6 Å². The molecule has 0 aliphatic carbocycles. The quantitative estimate of drug-likeness (QED) is 0.618. The number of aromatic nitrogens is 2. The average Bonchev–Trinajstić information content (AvgIpc) is 2.85. The van der Waals surface area contributed by atoms with Crippen molar-refractivity contribution in [2.24, 2.45) is 0 Å². The molecule has 188 valence electrons. The predicted molar refractivity (Wildman–Crippen MR) is 129 cm³/mol. The van der Waals surface area contributed by atoms with Crippen molar-refractivity contribution in [3.8, 4) is 6.07 Å². The highest BCUT2D eigenvalue weighted by Gasteiger charge is 2.36. The van der Waals surface area contributed by atoms with E-state index in [-0.39, 0.29) is 41.3 Å². The smallest absolute Gasteiger partial charge is 0.287 e. The van der Waals surface area contributed by atoms with Crippen molar-refractivity contribution in [1.82, 2.24) is 14.1 Å². The molecule has 3 atom stereocenters. The fraction of sp³-hybridized carbons (Fsp3) is 0.522. The van der Waals surface area contributed by atoms with Crippen molar-refractivity contribution in [1.29, 1.82) is 5.26 Å². The Bertz CT molecular complexity index is 1270. The minimum atomic E-state index is -3.76. The number of benzene rings is 1. The molecule has 3 heterocycles. The number of piperidine rings is 1. The third kappa shape index (κ3) is 5.35. The Morgan fingerprint density at radius 2 is 2.11 bits per heavy atom.